The number of rotatable bonds is 13. The molecule has 1 N–H and O–H groups in total. The van der Waals surface area contributed by atoms with E-state index in [1.807, 2.05) is 48.5 Å². The van der Waals surface area contributed by atoms with Gasteiger partial charge in [0.25, 0.3) is 0 Å². The van der Waals surface area contributed by atoms with Gasteiger partial charge in [-0.25, -0.2) is 9.59 Å². The lowest BCUT2D eigenvalue weighted by atomic mass is 9.48. The van der Waals surface area contributed by atoms with Crippen molar-refractivity contribution in [1.29, 1.82) is 0 Å². The fraction of sp³-hybridized carbons (Fsp3) is 0.806. The molecule has 514 valence electrons. The molecule has 1 amide bonds. The quantitative estimate of drug-likeness (QED) is 0.0451. The lowest BCUT2D eigenvalue weighted by Crippen LogP contribution is -2.65. The molecule has 29 atom stereocenters. The first-order valence-electron chi connectivity index (χ1n) is 34.6. The molecule has 0 aromatic heterocycles. The van der Waals surface area contributed by atoms with Gasteiger partial charge in [0.1, 0.15) is 23.1 Å². The normalized spacial score (nSPS) is 47.8. The number of alkyl carbamates (subject to hydrolysis) is 1. The van der Waals surface area contributed by atoms with E-state index < -0.39 is 119 Å². The van der Waals surface area contributed by atoms with E-state index in [1.54, 1.807) is 6.92 Å². The number of nitrogens with zero attached hydrogens (tertiary/aromatic N) is 1. The Morgan fingerprint density at radius 2 is 1.33 bits per heavy atom. The summed E-state index contributed by atoms with van der Waals surface area (Å²) < 4.78 is 77.7. The molecular weight excluding hydrogens is 1180 g/mol. The number of ketones is 1. The Balaban J connectivity index is 0.897. The van der Waals surface area contributed by atoms with Crippen molar-refractivity contribution in [2.24, 2.45) is 70.5 Å². The van der Waals surface area contributed by atoms with Crippen LogP contribution in [-0.4, -0.2) is 146 Å². The van der Waals surface area contributed by atoms with Gasteiger partial charge in [-0.1, -0.05) is 90.0 Å². The van der Waals surface area contributed by atoms with E-state index in [0.29, 0.717) is 43.6 Å². The number of fused-ring (bicyclic) bond motifs is 3. The Morgan fingerprint density at radius 3 is 2.00 bits per heavy atom. The van der Waals surface area contributed by atoms with E-state index in [2.05, 4.69) is 84.2 Å². The first kappa shape index (κ1) is 70.4. The number of hydrogen-bond donors (Lipinski definition) is 1. The summed E-state index contributed by atoms with van der Waals surface area (Å²) in [4.78, 5) is 70.2. The highest BCUT2D eigenvalue weighted by Gasteiger charge is 2.63. The van der Waals surface area contributed by atoms with Crippen LogP contribution in [-0.2, 0) is 71.2 Å². The highest BCUT2D eigenvalue weighted by molar-refractivity contribution is 6.22. The van der Waals surface area contributed by atoms with E-state index in [4.69, 9.17) is 56.8 Å². The average molecular weight is 1290 g/mol. The molecule has 0 aromatic carbocycles. The van der Waals surface area contributed by atoms with Gasteiger partial charge in [-0.3, -0.25) is 19.7 Å². The molecule has 6 fully saturated rings. The molecule has 10 aliphatic rings. The van der Waals surface area contributed by atoms with Crippen LogP contribution in [0, 0.1) is 80.6 Å². The first-order valence-corrected chi connectivity index (χ1v) is 34.6. The second-order valence-corrected chi connectivity index (χ2v) is 30.4. The van der Waals surface area contributed by atoms with Gasteiger partial charge in [-0.05, 0) is 146 Å². The summed E-state index contributed by atoms with van der Waals surface area (Å²) in [5, 5.41) is 15.6. The Morgan fingerprint density at radius 1 is 0.652 bits per heavy atom. The van der Waals surface area contributed by atoms with Crippen LogP contribution in [0.2, 0.25) is 0 Å². The molecular formula is C72H108N2O18. The van der Waals surface area contributed by atoms with Crippen molar-refractivity contribution in [2.45, 2.75) is 285 Å². The maximum absolute atomic E-state index is 16.4. The highest BCUT2D eigenvalue weighted by Crippen LogP contribution is 2.60. The molecule has 20 heteroatoms. The van der Waals surface area contributed by atoms with Gasteiger partial charge < -0.3 is 62.2 Å². The fourth-order valence-electron chi connectivity index (χ4n) is 18.7. The van der Waals surface area contributed by atoms with Crippen LogP contribution in [0.4, 0.5) is 4.79 Å². The van der Waals surface area contributed by atoms with Crippen molar-refractivity contribution in [1.82, 2.24) is 5.32 Å². The third-order valence-electron chi connectivity index (χ3n) is 23.9. The Hall–Kier alpha value is -4.38. The number of methoxy groups -OCH3 is 2. The molecule has 10 rings (SSSR count). The standard InChI is InChI=1S/C72H108N2O18/c1-35-27-39(5)52-30-40(6)53(88-59-34-70(15,74(79)80)65(48(14)86-59)73-69(78)82-18)24-20-37(3)51-23-22-50-62(71(51,16)66(75)60-44(10)72(52,33-35)92-68(60)77)41(7)28-42(8)64(50)91-58-32-55(61(46(12)84-58)67(76)81-17)90-56-26-25-54(45(11)83-56)89-57-31-43(9)63(47(13)85-57)87-49-21-19-36(2)38(4)29-49/h20,22-23,27,30,36,38-39,41-43,45-59,61-65H,19,21,24-26,28-29,31-34H2,1-18H3,(H,73,78)/b37-20+,40-30+. The molecule has 0 radical (unpaired) electrons. The number of esters is 2. The molecule has 5 aliphatic carbocycles. The molecule has 5 heterocycles. The largest absolute Gasteiger partial charge is 0.469 e. The van der Waals surface area contributed by atoms with Crippen LogP contribution in [0.15, 0.2) is 58.2 Å². The van der Waals surface area contributed by atoms with E-state index in [9.17, 15) is 24.5 Å². The summed E-state index contributed by atoms with van der Waals surface area (Å²) in [5.41, 5.74) is -0.675. The van der Waals surface area contributed by atoms with E-state index in [1.165, 1.54) is 27.6 Å². The maximum Gasteiger partial charge on any atom is 0.407 e. The van der Waals surface area contributed by atoms with Crippen molar-refractivity contribution < 1.29 is 80.9 Å². The summed E-state index contributed by atoms with van der Waals surface area (Å²) in [6.45, 7) is 32.4. The number of nitro groups is 1. The van der Waals surface area contributed by atoms with E-state index >= 15 is 4.79 Å². The lowest BCUT2D eigenvalue weighted by molar-refractivity contribution is -0.584. The van der Waals surface area contributed by atoms with Gasteiger partial charge in [0.05, 0.1) is 81.7 Å². The zero-order chi connectivity index (χ0) is 66.8. The van der Waals surface area contributed by atoms with Crippen LogP contribution in [0.3, 0.4) is 0 Å². The first-order chi connectivity index (χ1) is 43.4. The van der Waals surface area contributed by atoms with Gasteiger partial charge in [0, 0.05) is 60.7 Å². The van der Waals surface area contributed by atoms with Crippen LogP contribution >= 0.6 is 0 Å². The molecule has 5 aliphatic heterocycles. The number of allylic oxidation sites excluding steroid dienone is 3. The summed E-state index contributed by atoms with van der Waals surface area (Å²) in [5.74, 6) is -2.25. The summed E-state index contributed by atoms with van der Waals surface area (Å²) in [6, 6.07) is -1.02. The van der Waals surface area contributed by atoms with Crippen LogP contribution < -0.4 is 5.32 Å². The molecule has 0 aromatic rings. The number of carbonyl (C=O) groups is 4. The minimum atomic E-state index is -1.69. The van der Waals surface area contributed by atoms with Gasteiger partial charge in [-0.15, -0.1) is 0 Å². The number of ether oxygens (including phenoxy) is 12. The number of nitrogens with one attached hydrogen (secondary N) is 1. The molecule has 1 spiro atoms. The van der Waals surface area contributed by atoms with Gasteiger partial charge in [-0.2, -0.15) is 0 Å². The highest BCUT2D eigenvalue weighted by atomic mass is 16.7. The lowest BCUT2D eigenvalue weighted by Gasteiger charge is -2.56. The van der Waals surface area contributed by atoms with E-state index in [-0.39, 0.29) is 90.2 Å². The fourth-order valence-corrected chi connectivity index (χ4v) is 18.7. The maximum atomic E-state index is 16.4. The van der Waals surface area contributed by atoms with Crippen molar-refractivity contribution in [2.75, 3.05) is 14.2 Å². The second-order valence-electron chi connectivity index (χ2n) is 30.4. The van der Waals surface area contributed by atoms with Crippen LogP contribution in [0.1, 0.15) is 181 Å². The molecule has 2 bridgehead atoms. The molecule has 2 saturated carbocycles. The van der Waals surface area contributed by atoms with E-state index in [0.717, 1.165) is 41.9 Å². The number of Topliss-reactive ketones (excluding diaryl/α,β-unsaturated/α-hetero) is 1. The minimum absolute atomic E-state index is 0.00365. The smallest absolute Gasteiger partial charge is 0.407 e. The van der Waals surface area contributed by atoms with Gasteiger partial charge in [0.2, 0.25) is 5.54 Å². The predicted octanol–water partition coefficient (Wildman–Crippen LogP) is 12.0. The molecule has 92 heavy (non-hydrogen) atoms. The van der Waals surface area contributed by atoms with Gasteiger partial charge in [0.15, 0.2) is 30.9 Å². The van der Waals surface area contributed by atoms with Crippen molar-refractivity contribution in [3.63, 3.8) is 0 Å². The number of carbonyl (C=O) groups excluding carboxylic acids is 4. The van der Waals surface area contributed by atoms with Gasteiger partial charge >= 0.3 is 18.0 Å². The Bertz CT molecular complexity index is 2890. The topological polar surface area (TPSA) is 234 Å². The summed E-state index contributed by atoms with van der Waals surface area (Å²) in [6.07, 6.45) is 9.91. The SMILES string of the molecule is COC(=O)NC1C(C)OC(OC2C/C=C(\C)C3C=CC4C(OC5CC(OC6CCC(OC7CC(C)C(OC8CCC(C)C(C)C8)C(C)O7)C(C)O6)C(C(=O)OC)C(C)O5)C(C)CC(C)C4C3(C)C(=O)C3=C(C)C4(CC(C)=CC(C)C4/C=C/2C)OC3=O)CC1(C)[N+](=O)[O-]. The predicted molar refractivity (Wildman–Crippen MR) is 341 cm³/mol. The monoisotopic (exact) mass is 1290 g/mol. The van der Waals surface area contributed by atoms with Crippen LogP contribution in [0.25, 0.3) is 0 Å². The summed E-state index contributed by atoms with van der Waals surface area (Å²) >= 11 is 0. The molecule has 29 unspecified atom stereocenters. The Kier molecular flexibility index (Phi) is 21.4. The summed E-state index contributed by atoms with van der Waals surface area (Å²) in [7, 11) is 2.58. The third kappa shape index (κ3) is 13.6. The second kappa shape index (κ2) is 28.0. The zero-order valence-corrected chi connectivity index (χ0v) is 58.0. The number of amides is 1. The van der Waals surface area contributed by atoms with Crippen molar-refractivity contribution >= 4 is 23.8 Å². The molecule has 20 nitrogen and oxygen atoms in total. The van der Waals surface area contributed by atoms with Crippen molar-refractivity contribution in [3.8, 4) is 0 Å². The zero-order valence-electron chi connectivity index (χ0n) is 58.0. The third-order valence-corrected chi connectivity index (χ3v) is 23.9. The Labute approximate surface area is 545 Å². The van der Waals surface area contributed by atoms with Crippen molar-refractivity contribution in [3.05, 3.63) is 68.4 Å². The van der Waals surface area contributed by atoms with Crippen LogP contribution in [0.5, 0.6) is 0 Å². The average Bonchev–Trinajstić information content (AvgIpc) is 1.31. The minimum Gasteiger partial charge on any atom is -0.469 e. The molecule has 4 saturated heterocycles. The number of hydrogen-bond acceptors (Lipinski definition) is 18.